The van der Waals surface area contributed by atoms with E-state index in [2.05, 4.69) is 0 Å². The van der Waals surface area contributed by atoms with E-state index in [0.717, 1.165) is 0 Å². The van der Waals surface area contributed by atoms with Gasteiger partial charge in [0, 0.05) is 0 Å². The van der Waals surface area contributed by atoms with E-state index < -0.39 is 24.1 Å². The minimum atomic E-state index is -1.15. The second kappa shape index (κ2) is 6.13. The van der Waals surface area contributed by atoms with Gasteiger partial charge in [-0.15, -0.1) is 0 Å². The summed E-state index contributed by atoms with van der Waals surface area (Å²) in [6.45, 7) is 1.05. The zero-order chi connectivity index (χ0) is 13.7. The molecule has 0 radical (unpaired) electrons. The maximum atomic E-state index is 11.5. The first-order chi connectivity index (χ1) is 8.41. The summed E-state index contributed by atoms with van der Waals surface area (Å²) in [7, 11) is 0. The van der Waals surface area contributed by atoms with E-state index in [4.69, 9.17) is 14.9 Å². The molecule has 0 saturated heterocycles. The smallest absolute Gasteiger partial charge is 0.338 e. The lowest BCUT2D eigenvalue weighted by molar-refractivity contribution is -0.0201. The highest BCUT2D eigenvalue weighted by molar-refractivity contribution is 5.92. The largest absolute Gasteiger partial charge is 0.478 e. The lowest BCUT2D eigenvalue weighted by atomic mass is 10.1. The lowest BCUT2D eigenvalue weighted by Gasteiger charge is -2.13. The number of ether oxygens (including phenoxy) is 1. The van der Waals surface area contributed by atoms with Gasteiger partial charge in [0.2, 0.25) is 0 Å². The fourth-order valence-corrected chi connectivity index (χ4v) is 1.13. The Morgan fingerprint density at radius 2 is 1.67 bits per heavy atom. The van der Waals surface area contributed by atoms with E-state index in [-0.39, 0.29) is 17.7 Å². The average Bonchev–Trinajstić information content (AvgIpc) is 2.35. The number of esters is 1. The van der Waals surface area contributed by atoms with E-state index in [1.807, 2.05) is 0 Å². The van der Waals surface area contributed by atoms with Gasteiger partial charge in [-0.2, -0.15) is 0 Å². The van der Waals surface area contributed by atoms with Crippen LogP contribution in [0.1, 0.15) is 27.6 Å². The van der Waals surface area contributed by atoms with Crippen molar-refractivity contribution in [3.63, 3.8) is 0 Å². The molecular weight excluding hydrogens is 240 g/mol. The molecule has 0 amide bonds. The molecule has 18 heavy (non-hydrogen) atoms. The zero-order valence-corrected chi connectivity index (χ0v) is 9.74. The minimum Gasteiger partial charge on any atom is -0.478 e. The van der Waals surface area contributed by atoms with Crippen molar-refractivity contribution in [3.8, 4) is 0 Å². The maximum Gasteiger partial charge on any atom is 0.338 e. The third kappa shape index (κ3) is 3.83. The number of aromatic carboxylic acids is 1. The van der Waals surface area contributed by atoms with Gasteiger partial charge in [0.25, 0.3) is 0 Å². The number of rotatable bonds is 5. The van der Waals surface area contributed by atoms with E-state index in [1.165, 1.54) is 31.2 Å². The topological polar surface area (TPSA) is 104 Å². The first-order valence-electron chi connectivity index (χ1n) is 5.28. The van der Waals surface area contributed by atoms with Crippen molar-refractivity contribution in [1.82, 2.24) is 0 Å². The van der Waals surface area contributed by atoms with Gasteiger partial charge in [-0.25, -0.2) is 9.59 Å². The highest BCUT2D eigenvalue weighted by atomic mass is 16.5. The van der Waals surface area contributed by atoms with Gasteiger partial charge in [0.1, 0.15) is 12.7 Å². The second-order valence-corrected chi connectivity index (χ2v) is 3.79. The van der Waals surface area contributed by atoms with Crippen LogP contribution >= 0.6 is 0 Å². The van der Waals surface area contributed by atoms with E-state index >= 15 is 0 Å². The summed E-state index contributed by atoms with van der Waals surface area (Å²) in [6, 6.07) is 5.20. The predicted octanol–water partition coefficient (Wildman–Crippen LogP) is 0.283. The highest BCUT2D eigenvalue weighted by Gasteiger charge is 2.15. The molecule has 98 valence electrons. The molecule has 0 bridgehead atoms. The quantitative estimate of drug-likeness (QED) is 0.652. The summed E-state index contributed by atoms with van der Waals surface area (Å²) >= 11 is 0. The molecule has 0 aromatic heterocycles. The summed E-state index contributed by atoms with van der Waals surface area (Å²) in [5.41, 5.74) is 0.244. The van der Waals surface area contributed by atoms with Crippen LogP contribution in [0.5, 0.6) is 0 Å². The third-order valence-corrected chi connectivity index (χ3v) is 2.31. The molecule has 2 unspecified atom stereocenters. The molecular formula is C12H14O6. The number of aliphatic hydroxyl groups is 2. The molecule has 0 aliphatic heterocycles. The van der Waals surface area contributed by atoms with Crippen molar-refractivity contribution < 1.29 is 29.6 Å². The molecule has 0 aliphatic carbocycles. The van der Waals surface area contributed by atoms with Crippen LogP contribution in [0.15, 0.2) is 24.3 Å². The van der Waals surface area contributed by atoms with Crippen LogP contribution in [0.25, 0.3) is 0 Å². The average molecular weight is 254 g/mol. The van der Waals surface area contributed by atoms with Crippen molar-refractivity contribution in [2.45, 2.75) is 19.1 Å². The zero-order valence-electron chi connectivity index (χ0n) is 9.74. The van der Waals surface area contributed by atoms with Crippen molar-refractivity contribution >= 4 is 11.9 Å². The highest BCUT2D eigenvalue weighted by Crippen LogP contribution is 2.06. The molecule has 1 aromatic rings. The van der Waals surface area contributed by atoms with E-state index in [1.54, 1.807) is 0 Å². The Morgan fingerprint density at radius 1 is 1.17 bits per heavy atom. The number of hydrogen-bond donors (Lipinski definition) is 3. The minimum absolute atomic E-state index is 0.0653. The third-order valence-electron chi connectivity index (χ3n) is 2.31. The number of aliphatic hydroxyl groups excluding tert-OH is 2. The summed E-state index contributed by atoms with van der Waals surface area (Å²) in [5, 5.41) is 26.9. The lowest BCUT2D eigenvalue weighted by Crippen LogP contribution is -2.29. The Balaban J connectivity index is 2.59. The molecule has 0 aliphatic rings. The molecule has 3 N–H and O–H groups in total. The van der Waals surface area contributed by atoms with Crippen molar-refractivity contribution in [1.29, 1.82) is 0 Å². The SMILES string of the molecule is CC(O)C(O)COC(=O)c1ccc(C(=O)O)cc1. The Kier molecular flexibility index (Phi) is 4.82. The molecule has 0 spiro atoms. The number of hydrogen-bond acceptors (Lipinski definition) is 5. The Hall–Kier alpha value is -1.92. The number of carbonyl (C=O) groups is 2. The second-order valence-electron chi connectivity index (χ2n) is 3.79. The predicted molar refractivity (Wildman–Crippen MR) is 61.4 cm³/mol. The van der Waals surface area contributed by atoms with Gasteiger partial charge in [-0.3, -0.25) is 0 Å². The summed E-state index contributed by atoms with van der Waals surface area (Å²) in [5.74, 6) is -1.77. The van der Waals surface area contributed by atoms with Crippen LogP contribution in [0.4, 0.5) is 0 Å². The van der Waals surface area contributed by atoms with Gasteiger partial charge in [-0.1, -0.05) is 0 Å². The van der Waals surface area contributed by atoms with Gasteiger partial charge < -0.3 is 20.1 Å². The van der Waals surface area contributed by atoms with Crippen molar-refractivity contribution in [2.24, 2.45) is 0 Å². The summed E-state index contributed by atoms with van der Waals surface area (Å²) in [4.78, 5) is 22.1. The standard InChI is InChI=1S/C12H14O6/c1-7(13)10(14)6-18-12(17)9-4-2-8(3-5-9)11(15)16/h2-5,7,10,13-14H,6H2,1H3,(H,15,16). The maximum absolute atomic E-state index is 11.5. The number of carboxylic acid groups (broad SMARTS) is 1. The summed E-state index contributed by atoms with van der Waals surface area (Å²) < 4.78 is 4.76. The Labute approximate surface area is 103 Å². The van der Waals surface area contributed by atoms with Crippen LogP contribution in [-0.2, 0) is 4.74 Å². The molecule has 1 rings (SSSR count). The van der Waals surface area contributed by atoms with E-state index in [9.17, 15) is 14.7 Å². The summed E-state index contributed by atoms with van der Waals surface area (Å²) in [6.07, 6.45) is -2.14. The van der Waals surface area contributed by atoms with E-state index in [0.29, 0.717) is 0 Å². The van der Waals surface area contributed by atoms with Crippen molar-refractivity contribution in [3.05, 3.63) is 35.4 Å². The fraction of sp³-hybridized carbons (Fsp3) is 0.333. The number of benzene rings is 1. The van der Waals surface area contributed by atoms with Gasteiger partial charge in [0.15, 0.2) is 0 Å². The van der Waals surface area contributed by atoms with Crippen LogP contribution in [0.3, 0.4) is 0 Å². The van der Waals surface area contributed by atoms with Crippen LogP contribution < -0.4 is 0 Å². The first kappa shape index (κ1) is 14.1. The normalized spacial score (nSPS) is 13.7. The Morgan fingerprint density at radius 3 is 2.11 bits per heavy atom. The monoisotopic (exact) mass is 254 g/mol. The van der Waals surface area contributed by atoms with Crippen molar-refractivity contribution in [2.75, 3.05) is 6.61 Å². The Bertz CT molecular complexity index is 423. The van der Waals surface area contributed by atoms with Crippen LogP contribution in [0, 0.1) is 0 Å². The molecule has 2 atom stereocenters. The van der Waals surface area contributed by atoms with Gasteiger partial charge >= 0.3 is 11.9 Å². The van der Waals surface area contributed by atoms with Gasteiger partial charge in [-0.05, 0) is 31.2 Å². The first-order valence-corrected chi connectivity index (χ1v) is 5.28. The number of carbonyl (C=O) groups excluding carboxylic acids is 1. The van der Waals surface area contributed by atoms with Crippen LogP contribution in [0.2, 0.25) is 0 Å². The van der Waals surface area contributed by atoms with Gasteiger partial charge in [0.05, 0.1) is 17.2 Å². The molecule has 6 heteroatoms. The molecule has 6 nitrogen and oxygen atoms in total. The fourth-order valence-electron chi connectivity index (χ4n) is 1.13. The van der Waals surface area contributed by atoms with Crippen LogP contribution in [-0.4, -0.2) is 46.1 Å². The molecule has 0 saturated carbocycles. The number of carboxylic acids is 1. The molecule has 1 aromatic carbocycles. The molecule has 0 heterocycles. The molecule has 0 fully saturated rings.